The minimum atomic E-state index is 0.101. The van der Waals surface area contributed by atoms with Gasteiger partial charge in [0.2, 0.25) is 0 Å². The molecule has 2 heterocycles. The second kappa shape index (κ2) is 3.11. The van der Waals surface area contributed by atoms with E-state index in [0.29, 0.717) is 5.92 Å². The Balaban J connectivity index is 2.11. The summed E-state index contributed by atoms with van der Waals surface area (Å²) in [5.41, 5.74) is 0.101. The van der Waals surface area contributed by atoms with Gasteiger partial charge in [-0.15, -0.1) is 0 Å². The van der Waals surface area contributed by atoms with Crippen LogP contribution < -0.4 is 10.9 Å². The molecule has 0 unspecified atom stereocenters. The van der Waals surface area contributed by atoms with Gasteiger partial charge in [-0.25, -0.2) is 0 Å². The lowest BCUT2D eigenvalue weighted by Crippen LogP contribution is -2.45. The molecule has 1 aliphatic rings. The van der Waals surface area contributed by atoms with E-state index in [1.165, 1.54) is 0 Å². The molecule has 0 aromatic carbocycles. The van der Waals surface area contributed by atoms with Gasteiger partial charge in [0.05, 0.1) is 0 Å². The van der Waals surface area contributed by atoms with Gasteiger partial charge in [0, 0.05) is 37.8 Å². The van der Waals surface area contributed by atoms with Gasteiger partial charge in [0.25, 0.3) is 5.56 Å². The fraction of sp³-hybridized carbons (Fsp3) is 0.444. The van der Waals surface area contributed by atoms with Gasteiger partial charge >= 0.3 is 0 Å². The Morgan fingerprint density at radius 3 is 2.92 bits per heavy atom. The first-order valence-corrected chi connectivity index (χ1v) is 4.22. The van der Waals surface area contributed by atoms with Gasteiger partial charge in [0.15, 0.2) is 0 Å². The zero-order valence-corrected chi connectivity index (χ0v) is 6.86. The van der Waals surface area contributed by atoms with Crippen molar-refractivity contribution in [1.82, 2.24) is 9.88 Å². The van der Waals surface area contributed by atoms with Crippen LogP contribution in [0.15, 0.2) is 29.2 Å². The van der Waals surface area contributed by atoms with Crippen LogP contribution in [-0.4, -0.2) is 17.7 Å². The maximum absolute atomic E-state index is 11.2. The van der Waals surface area contributed by atoms with E-state index in [1.54, 1.807) is 16.7 Å². The summed E-state index contributed by atoms with van der Waals surface area (Å²) in [5, 5.41) is 3.19. The average molecular weight is 164 g/mol. The molecule has 3 heteroatoms. The van der Waals surface area contributed by atoms with Crippen LogP contribution in [0.4, 0.5) is 0 Å². The largest absolute Gasteiger partial charge is 0.316 e. The molecule has 0 amide bonds. The molecule has 12 heavy (non-hydrogen) atoms. The number of hydrogen-bond acceptors (Lipinski definition) is 2. The van der Waals surface area contributed by atoms with Gasteiger partial charge < -0.3 is 9.88 Å². The summed E-state index contributed by atoms with van der Waals surface area (Å²) in [4.78, 5) is 11.2. The standard InChI is InChI=1S/C9H12N2O/c12-9-3-1-2-4-11(9)7-8-5-10-6-8/h1-4,8,10H,5-7H2. The van der Waals surface area contributed by atoms with E-state index >= 15 is 0 Å². The van der Waals surface area contributed by atoms with Crippen molar-refractivity contribution in [1.29, 1.82) is 0 Å². The molecule has 64 valence electrons. The number of aromatic nitrogens is 1. The molecule has 1 saturated heterocycles. The van der Waals surface area contributed by atoms with E-state index in [-0.39, 0.29) is 5.56 Å². The highest BCUT2D eigenvalue weighted by molar-refractivity contribution is 4.94. The van der Waals surface area contributed by atoms with Crippen molar-refractivity contribution < 1.29 is 0 Å². The second-order valence-corrected chi connectivity index (χ2v) is 3.22. The highest BCUT2D eigenvalue weighted by Gasteiger charge is 2.16. The number of pyridine rings is 1. The summed E-state index contributed by atoms with van der Waals surface area (Å²) in [5.74, 6) is 0.644. The van der Waals surface area contributed by atoms with Gasteiger partial charge in [0.1, 0.15) is 0 Å². The molecule has 0 spiro atoms. The third-order valence-electron chi connectivity index (χ3n) is 2.22. The smallest absolute Gasteiger partial charge is 0.250 e. The van der Waals surface area contributed by atoms with Crippen LogP contribution in [0.1, 0.15) is 0 Å². The van der Waals surface area contributed by atoms with Gasteiger partial charge in [-0.3, -0.25) is 4.79 Å². The molecule has 1 fully saturated rings. The maximum Gasteiger partial charge on any atom is 0.250 e. The molecular weight excluding hydrogens is 152 g/mol. The van der Waals surface area contributed by atoms with Crippen molar-refractivity contribution in [2.75, 3.05) is 13.1 Å². The van der Waals surface area contributed by atoms with E-state index in [4.69, 9.17) is 0 Å². The summed E-state index contributed by atoms with van der Waals surface area (Å²) >= 11 is 0. The lowest BCUT2D eigenvalue weighted by Gasteiger charge is -2.27. The summed E-state index contributed by atoms with van der Waals surface area (Å²) in [6, 6.07) is 5.28. The molecule has 1 N–H and O–H groups in total. The lowest BCUT2D eigenvalue weighted by atomic mass is 10.0. The molecule has 3 nitrogen and oxygen atoms in total. The summed E-state index contributed by atoms with van der Waals surface area (Å²) in [7, 11) is 0. The molecule has 2 rings (SSSR count). The highest BCUT2D eigenvalue weighted by Crippen LogP contribution is 2.04. The first-order valence-electron chi connectivity index (χ1n) is 4.22. The van der Waals surface area contributed by atoms with Crippen LogP contribution in [0.25, 0.3) is 0 Å². The van der Waals surface area contributed by atoms with Crippen LogP contribution in [0.3, 0.4) is 0 Å². The maximum atomic E-state index is 11.2. The van der Waals surface area contributed by atoms with E-state index in [9.17, 15) is 4.79 Å². The normalized spacial score (nSPS) is 17.3. The Morgan fingerprint density at radius 1 is 1.50 bits per heavy atom. The Hall–Kier alpha value is -1.09. The van der Waals surface area contributed by atoms with E-state index in [0.717, 1.165) is 19.6 Å². The molecule has 0 aliphatic carbocycles. The van der Waals surface area contributed by atoms with Crippen molar-refractivity contribution in [3.63, 3.8) is 0 Å². The van der Waals surface area contributed by atoms with E-state index < -0.39 is 0 Å². The lowest BCUT2D eigenvalue weighted by molar-refractivity contribution is 0.303. The predicted molar refractivity (Wildman–Crippen MR) is 47.1 cm³/mol. The second-order valence-electron chi connectivity index (χ2n) is 3.22. The minimum absolute atomic E-state index is 0.101. The van der Waals surface area contributed by atoms with Crippen LogP contribution in [0.2, 0.25) is 0 Å². The first-order chi connectivity index (χ1) is 5.86. The van der Waals surface area contributed by atoms with Crippen molar-refractivity contribution in [2.45, 2.75) is 6.54 Å². The topological polar surface area (TPSA) is 34.0 Å². The molecule has 1 aromatic rings. The van der Waals surface area contributed by atoms with E-state index in [1.807, 2.05) is 12.3 Å². The zero-order valence-electron chi connectivity index (χ0n) is 6.86. The van der Waals surface area contributed by atoms with Crippen LogP contribution in [0, 0.1) is 5.92 Å². The first kappa shape index (κ1) is 7.55. The third kappa shape index (κ3) is 1.41. The molecule has 0 atom stereocenters. The zero-order chi connectivity index (χ0) is 8.39. The van der Waals surface area contributed by atoms with Gasteiger partial charge in [-0.2, -0.15) is 0 Å². The Labute approximate surface area is 71.0 Å². The number of hydrogen-bond donors (Lipinski definition) is 1. The Morgan fingerprint density at radius 2 is 2.33 bits per heavy atom. The summed E-state index contributed by atoms with van der Waals surface area (Å²) < 4.78 is 1.77. The predicted octanol–water partition coefficient (Wildman–Crippen LogP) is 0.0677. The summed E-state index contributed by atoms with van der Waals surface area (Å²) in [6.45, 7) is 2.94. The Kier molecular flexibility index (Phi) is 1.96. The highest BCUT2D eigenvalue weighted by atomic mass is 16.1. The van der Waals surface area contributed by atoms with Gasteiger partial charge in [-0.1, -0.05) is 6.07 Å². The minimum Gasteiger partial charge on any atom is -0.316 e. The van der Waals surface area contributed by atoms with Gasteiger partial charge in [-0.05, 0) is 6.07 Å². The molecule has 0 saturated carbocycles. The fourth-order valence-electron chi connectivity index (χ4n) is 1.37. The monoisotopic (exact) mass is 164 g/mol. The molecule has 1 aromatic heterocycles. The Bertz CT molecular complexity index is 314. The van der Waals surface area contributed by atoms with Crippen molar-refractivity contribution in [3.05, 3.63) is 34.7 Å². The SMILES string of the molecule is O=c1ccccn1CC1CNC1. The molecular formula is C9H12N2O. The van der Waals surface area contributed by atoms with Crippen molar-refractivity contribution in [3.8, 4) is 0 Å². The quantitative estimate of drug-likeness (QED) is 0.671. The average Bonchev–Trinajstić information content (AvgIpc) is 2.00. The van der Waals surface area contributed by atoms with Crippen LogP contribution in [0.5, 0.6) is 0 Å². The van der Waals surface area contributed by atoms with Crippen LogP contribution in [-0.2, 0) is 6.54 Å². The fourth-order valence-corrected chi connectivity index (χ4v) is 1.37. The number of nitrogens with one attached hydrogen (secondary N) is 1. The molecule has 1 aliphatic heterocycles. The third-order valence-corrected chi connectivity index (χ3v) is 2.22. The molecule has 0 bridgehead atoms. The van der Waals surface area contributed by atoms with Crippen molar-refractivity contribution in [2.24, 2.45) is 5.92 Å². The molecule has 0 radical (unpaired) electrons. The van der Waals surface area contributed by atoms with E-state index in [2.05, 4.69) is 5.32 Å². The van der Waals surface area contributed by atoms with Crippen LogP contribution >= 0.6 is 0 Å². The van der Waals surface area contributed by atoms with Crippen molar-refractivity contribution >= 4 is 0 Å². The number of rotatable bonds is 2. The summed E-state index contributed by atoms with van der Waals surface area (Å²) in [6.07, 6.45) is 1.85. The number of nitrogens with zero attached hydrogens (tertiary/aromatic N) is 1.